The van der Waals surface area contributed by atoms with Gasteiger partial charge in [0.25, 0.3) is 0 Å². The van der Waals surface area contributed by atoms with Gasteiger partial charge in [-0.25, -0.2) is 4.79 Å². The fourth-order valence-corrected chi connectivity index (χ4v) is 3.44. The van der Waals surface area contributed by atoms with E-state index in [-0.39, 0.29) is 11.2 Å². The van der Waals surface area contributed by atoms with Crippen LogP contribution in [0.4, 0.5) is 15.6 Å². The fraction of sp³-hybridized carbons (Fsp3) is 0.286. The molecule has 0 spiro atoms. The summed E-state index contributed by atoms with van der Waals surface area (Å²) in [6.45, 7) is 3.83. The topological polar surface area (TPSA) is 93.2 Å². The van der Waals surface area contributed by atoms with Crippen molar-refractivity contribution in [1.29, 1.82) is 0 Å². The summed E-state index contributed by atoms with van der Waals surface area (Å²) >= 11 is 2.44. The van der Waals surface area contributed by atoms with Crippen molar-refractivity contribution in [2.24, 2.45) is 0 Å². The van der Waals surface area contributed by atoms with Crippen LogP contribution in [0.3, 0.4) is 0 Å². The van der Waals surface area contributed by atoms with Crippen LogP contribution in [0.1, 0.15) is 13.8 Å². The van der Waals surface area contributed by atoms with E-state index in [1.807, 2.05) is 18.2 Å². The maximum absolute atomic E-state index is 11.8. The lowest BCUT2D eigenvalue weighted by molar-refractivity contribution is -0.142. The normalized spacial score (nSPS) is 11.6. The maximum Gasteiger partial charge on any atom is 0.325 e. The second kappa shape index (κ2) is 8.49. The van der Waals surface area contributed by atoms with Crippen LogP contribution in [0.15, 0.2) is 34.7 Å². The van der Waals surface area contributed by atoms with Crippen LogP contribution in [0.25, 0.3) is 0 Å². The van der Waals surface area contributed by atoms with Crippen LogP contribution in [-0.2, 0) is 9.53 Å². The maximum atomic E-state index is 11.8. The number of hydrogen-bond acceptors (Lipinski definition) is 7. The number of nitrogens with zero attached hydrogens (tertiary/aromatic N) is 2. The molecule has 122 valence electrons. The Bertz CT molecular complexity index is 663. The number of anilines is 2. The van der Waals surface area contributed by atoms with Gasteiger partial charge in [0.15, 0.2) is 4.34 Å². The zero-order chi connectivity index (χ0) is 16.7. The van der Waals surface area contributed by atoms with Crippen molar-refractivity contribution in [2.75, 3.05) is 17.2 Å². The third kappa shape index (κ3) is 5.53. The van der Waals surface area contributed by atoms with Crippen LogP contribution in [-0.4, -0.2) is 34.1 Å². The van der Waals surface area contributed by atoms with Crippen LogP contribution >= 0.6 is 23.1 Å². The summed E-state index contributed by atoms with van der Waals surface area (Å²) < 4.78 is 5.51. The predicted molar refractivity (Wildman–Crippen MR) is 90.9 cm³/mol. The van der Waals surface area contributed by atoms with Gasteiger partial charge in [-0.2, -0.15) is 0 Å². The zero-order valence-corrected chi connectivity index (χ0v) is 14.2. The van der Waals surface area contributed by atoms with Crippen molar-refractivity contribution in [3.8, 4) is 0 Å². The molecule has 0 saturated heterocycles. The molecule has 23 heavy (non-hydrogen) atoms. The molecular weight excluding hydrogens is 336 g/mol. The molecule has 1 aromatic carbocycles. The Balaban J connectivity index is 1.87. The van der Waals surface area contributed by atoms with Gasteiger partial charge in [0.1, 0.15) is 5.25 Å². The van der Waals surface area contributed by atoms with E-state index in [2.05, 4.69) is 20.8 Å². The Kier molecular flexibility index (Phi) is 6.36. The van der Waals surface area contributed by atoms with E-state index in [4.69, 9.17) is 4.74 Å². The van der Waals surface area contributed by atoms with Gasteiger partial charge in [0, 0.05) is 5.69 Å². The largest absolute Gasteiger partial charge is 0.465 e. The molecule has 7 nitrogen and oxygen atoms in total. The van der Waals surface area contributed by atoms with E-state index < -0.39 is 6.03 Å². The van der Waals surface area contributed by atoms with Crippen molar-refractivity contribution in [3.05, 3.63) is 30.3 Å². The number of rotatable bonds is 6. The third-order valence-electron chi connectivity index (χ3n) is 2.55. The minimum atomic E-state index is -0.401. The lowest BCUT2D eigenvalue weighted by atomic mass is 10.3. The molecule has 0 radical (unpaired) electrons. The smallest absolute Gasteiger partial charge is 0.325 e. The molecule has 9 heteroatoms. The molecule has 2 N–H and O–H groups in total. The molecule has 1 aromatic heterocycles. The number of urea groups is 1. The van der Waals surface area contributed by atoms with Gasteiger partial charge in [0.05, 0.1) is 6.61 Å². The first-order valence-electron chi connectivity index (χ1n) is 6.88. The molecular formula is C14H16N4O3S2. The van der Waals surface area contributed by atoms with E-state index in [1.54, 1.807) is 26.0 Å². The quantitative estimate of drug-likeness (QED) is 0.471. The summed E-state index contributed by atoms with van der Waals surface area (Å²) in [5.41, 5.74) is 0.681. The van der Waals surface area contributed by atoms with Crippen LogP contribution in [0.2, 0.25) is 0 Å². The summed E-state index contributed by atoms with van der Waals surface area (Å²) in [4.78, 5) is 23.4. The number of aromatic nitrogens is 2. The van der Waals surface area contributed by atoms with Gasteiger partial charge in [-0.3, -0.25) is 10.1 Å². The van der Waals surface area contributed by atoms with Crippen LogP contribution in [0, 0.1) is 0 Å². The highest BCUT2D eigenvalue weighted by Gasteiger charge is 2.18. The number of ether oxygens (including phenoxy) is 1. The molecule has 0 fully saturated rings. The molecule has 0 aliphatic carbocycles. The number of benzene rings is 1. The number of carbonyl (C=O) groups excluding carboxylic acids is 2. The second-order valence-electron chi connectivity index (χ2n) is 4.33. The monoisotopic (exact) mass is 352 g/mol. The fourth-order valence-electron chi connectivity index (χ4n) is 1.55. The lowest BCUT2D eigenvalue weighted by Gasteiger charge is -2.07. The number of carbonyl (C=O) groups is 2. The van der Waals surface area contributed by atoms with E-state index in [9.17, 15) is 9.59 Å². The van der Waals surface area contributed by atoms with Gasteiger partial charge in [-0.05, 0) is 26.0 Å². The van der Waals surface area contributed by atoms with Crippen molar-refractivity contribution < 1.29 is 14.3 Å². The van der Waals surface area contributed by atoms with Gasteiger partial charge < -0.3 is 10.1 Å². The zero-order valence-electron chi connectivity index (χ0n) is 12.6. The number of nitrogens with one attached hydrogen (secondary N) is 2. The number of esters is 1. The Morgan fingerprint density at radius 2 is 2.00 bits per heavy atom. The Morgan fingerprint density at radius 3 is 2.70 bits per heavy atom. The molecule has 2 amide bonds. The van der Waals surface area contributed by atoms with Crippen molar-refractivity contribution >= 4 is 45.9 Å². The lowest BCUT2D eigenvalue weighted by Crippen LogP contribution is -2.19. The Labute approximate surface area is 141 Å². The first-order valence-corrected chi connectivity index (χ1v) is 8.58. The molecule has 1 atom stereocenters. The summed E-state index contributed by atoms with van der Waals surface area (Å²) in [5, 5.41) is 13.1. The number of para-hydroxylation sites is 1. The predicted octanol–water partition coefficient (Wildman–Crippen LogP) is 3.23. The minimum absolute atomic E-state index is 0.302. The highest BCUT2D eigenvalue weighted by Crippen LogP contribution is 2.29. The highest BCUT2D eigenvalue weighted by molar-refractivity contribution is 8.02. The highest BCUT2D eigenvalue weighted by atomic mass is 32.2. The average Bonchev–Trinajstić information content (AvgIpc) is 2.95. The molecule has 0 aliphatic heterocycles. The van der Waals surface area contributed by atoms with Crippen molar-refractivity contribution in [3.63, 3.8) is 0 Å². The first-order chi connectivity index (χ1) is 11.1. The molecule has 1 heterocycles. The number of hydrogen-bond donors (Lipinski definition) is 2. The second-order valence-corrected chi connectivity index (χ2v) is 6.90. The van der Waals surface area contributed by atoms with Crippen molar-refractivity contribution in [2.45, 2.75) is 23.4 Å². The standard InChI is InChI=1S/C14H16N4O3S2/c1-3-21-11(19)9(2)22-14-18-17-13(23-14)16-12(20)15-10-7-5-4-6-8-10/h4-9H,3H2,1-2H3,(H2,15,16,17,20). The molecule has 0 aliphatic rings. The Hall–Kier alpha value is -2.13. The summed E-state index contributed by atoms with van der Waals surface area (Å²) in [6.07, 6.45) is 0. The SMILES string of the molecule is CCOC(=O)C(C)Sc1nnc(NC(=O)Nc2ccccc2)s1. The van der Waals surface area contributed by atoms with Gasteiger partial charge in [0.2, 0.25) is 5.13 Å². The molecule has 2 aromatic rings. The van der Waals surface area contributed by atoms with Crippen molar-refractivity contribution in [1.82, 2.24) is 10.2 Å². The first kappa shape index (κ1) is 17.2. The van der Waals surface area contributed by atoms with Crippen LogP contribution in [0.5, 0.6) is 0 Å². The molecule has 0 bridgehead atoms. The van der Waals surface area contributed by atoms with E-state index in [0.29, 0.717) is 21.8 Å². The van der Waals surface area contributed by atoms with E-state index in [1.165, 1.54) is 23.1 Å². The molecule has 1 unspecified atom stereocenters. The molecule has 0 saturated carbocycles. The number of thioether (sulfide) groups is 1. The van der Waals surface area contributed by atoms with Gasteiger partial charge >= 0.3 is 12.0 Å². The van der Waals surface area contributed by atoms with Crippen LogP contribution < -0.4 is 10.6 Å². The number of amides is 2. The van der Waals surface area contributed by atoms with E-state index in [0.717, 1.165) is 0 Å². The van der Waals surface area contributed by atoms with Gasteiger partial charge in [-0.1, -0.05) is 41.3 Å². The third-order valence-corrected chi connectivity index (χ3v) is 4.56. The Morgan fingerprint density at radius 1 is 1.26 bits per heavy atom. The summed E-state index contributed by atoms with van der Waals surface area (Å²) in [7, 11) is 0. The van der Waals surface area contributed by atoms with Gasteiger partial charge in [-0.15, -0.1) is 10.2 Å². The summed E-state index contributed by atoms with van der Waals surface area (Å²) in [5.74, 6) is -0.302. The minimum Gasteiger partial charge on any atom is -0.465 e. The summed E-state index contributed by atoms with van der Waals surface area (Å²) in [6, 6.07) is 8.67. The average molecular weight is 352 g/mol. The molecule has 2 rings (SSSR count). The van der Waals surface area contributed by atoms with E-state index >= 15 is 0 Å².